The summed E-state index contributed by atoms with van der Waals surface area (Å²) >= 11 is 6.00. The second-order valence-electron chi connectivity index (χ2n) is 9.58. The molecule has 0 spiro atoms. The van der Waals surface area contributed by atoms with Crippen LogP contribution in [-0.2, 0) is 28.3 Å². The van der Waals surface area contributed by atoms with Gasteiger partial charge in [-0.05, 0) is 60.4 Å². The van der Waals surface area contributed by atoms with Crippen LogP contribution in [-0.4, -0.2) is 26.8 Å². The largest absolute Gasteiger partial charge is 0.460 e. The van der Waals surface area contributed by atoms with Crippen LogP contribution in [0.25, 0.3) is 22.3 Å². The van der Waals surface area contributed by atoms with Crippen molar-refractivity contribution in [2.24, 2.45) is 4.99 Å². The van der Waals surface area contributed by atoms with E-state index in [4.69, 9.17) is 26.3 Å². The Morgan fingerprint density at radius 1 is 1.19 bits per heavy atom. The maximum absolute atomic E-state index is 13.6. The van der Waals surface area contributed by atoms with Crippen molar-refractivity contribution in [2.45, 2.75) is 45.4 Å². The molecule has 4 heterocycles. The van der Waals surface area contributed by atoms with Gasteiger partial charge in [-0.3, -0.25) is 14.6 Å². The lowest BCUT2D eigenvalue weighted by molar-refractivity contribution is -0.149. The summed E-state index contributed by atoms with van der Waals surface area (Å²) < 4.78 is 6.93. The van der Waals surface area contributed by atoms with Crippen LogP contribution < -0.4 is 5.56 Å². The number of halogens is 1. The quantitative estimate of drug-likeness (QED) is 0.265. The SMILES string of the molecule is CC[C@]1(O)CC(=O)OCc2c1cc1n(c2=O)Cc2c-1nc1cccc(N=Cc3ccc(Cl)cc3)c1c2C. The average Bonchev–Trinajstić information content (AvgIpc) is 3.20. The van der Waals surface area contributed by atoms with E-state index in [0.29, 0.717) is 34.1 Å². The first-order chi connectivity index (χ1) is 17.8. The molecule has 0 saturated carbocycles. The fourth-order valence-corrected chi connectivity index (χ4v) is 5.46. The van der Waals surface area contributed by atoms with Gasteiger partial charge in [-0.25, -0.2) is 4.98 Å². The third kappa shape index (κ3) is 3.77. The van der Waals surface area contributed by atoms with Crippen molar-refractivity contribution in [2.75, 3.05) is 0 Å². The van der Waals surface area contributed by atoms with Gasteiger partial charge in [0, 0.05) is 22.2 Å². The highest BCUT2D eigenvalue weighted by atomic mass is 35.5. The lowest BCUT2D eigenvalue weighted by Gasteiger charge is -2.26. The van der Waals surface area contributed by atoms with E-state index in [1.54, 1.807) is 17.7 Å². The second kappa shape index (κ2) is 8.64. The number of ether oxygens (including phenoxy) is 1. The number of nitrogens with zero attached hydrogens (tertiary/aromatic N) is 3. The van der Waals surface area contributed by atoms with Crippen molar-refractivity contribution in [3.63, 3.8) is 0 Å². The predicted octanol–water partition coefficient (Wildman–Crippen LogP) is 5.18. The van der Waals surface area contributed by atoms with Gasteiger partial charge in [-0.15, -0.1) is 0 Å². The lowest BCUT2D eigenvalue weighted by atomic mass is 9.85. The van der Waals surface area contributed by atoms with Gasteiger partial charge in [0.25, 0.3) is 5.56 Å². The van der Waals surface area contributed by atoms with Crippen LogP contribution in [0.5, 0.6) is 0 Å². The predicted molar refractivity (Wildman–Crippen MR) is 143 cm³/mol. The third-order valence-electron chi connectivity index (χ3n) is 7.45. The van der Waals surface area contributed by atoms with E-state index >= 15 is 0 Å². The molecule has 1 atom stereocenters. The summed E-state index contributed by atoms with van der Waals surface area (Å²) in [7, 11) is 0. The number of pyridine rings is 2. The van der Waals surface area contributed by atoms with Crippen molar-refractivity contribution in [3.8, 4) is 11.4 Å². The van der Waals surface area contributed by atoms with Gasteiger partial charge in [0.2, 0.25) is 0 Å². The zero-order valence-corrected chi connectivity index (χ0v) is 21.2. The molecule has 0 bridgehead atoms. The molecule has 1 N–H and O–H groups in total. The van der Waals surface area contributed by atoms with Crippen LogP contribution in [0.2, 0.25) is 5.02 Å². The van der Waals surface area contributed by atoms with Crippen LogP contribution >= 0.6 is 11.6 Å². The number of carbonyl (C=O) groups is 1. The van der Waals surface area contributed by atoms with Gasteiger partial charge >= 0.3 is 5.97 Å². The number of aromatic nitrogens is 2. The first kappa shape index (κ1) is 23.6. The van der Waals surface area contributed by atoms with Crippen molar-refractivity contribution >= 4 is 40.4 Å². The van der Waals surface area contributed by atoms with E-state index < -0.39 is 11.6 Å². The Hall–Kier alpha value is -3.81. The van der Waals surface area contributed by atoms with Crippen LogP contribution in [0.1, 0.15) is 47.6 Å². The maximum Gasteiger partial charge on any atom is 0.309 e. The summed E-state index contributed by atoms with van der Waals surface area (Å²) in [6, 6.07) is 15.1. The van der Waals surface area contributed by atoms with E-state index in [1.807, 2.05) is 55.5 Å². The van der Waals surface area contributed by atoms with Gasteiger partial charge in [0.1, 0.15) is 12.2 Å². The molecular formula is C29H24ClN3O4. The molecule has 0 fully saturated rings. The molecule has 0 amide bonds. The van der Waals surface area contributed by atoms with Crippen LogP contribution in [0.3, 0.4) is 0 Å². The number of carbonyl (C=O) groups excluding carboxylic acids is 1. The summed E-state index contributed by atoms with van der Waals surface area (Å²) in [6.45, 7) is 4.02. The number of fused-ring (bicyclic) bond motifs is 5. The Labute approximate surface area is 218 Å². The number of aryl methyl sites for hydroxylation is 1. The molecule has 0 aliphatic carbocycles. The molecule has 0 unspecified atom stereocenters. The number of cyclic esters (lactones) is 1. The molecule has 2 aromatic heterocycles. The first-order valence-corrected chi connectivity index (χ1v) is 12.5. The van der Waals surface area contributed by atoms with E-state index in [9.17, 15) is 14.7 Å². The standard InChI is InChI=1S/C29H24ClN3O4/c1-3-29(36)12-25(34)37-15-20-21(29)11-24-27-19(14-33(24)28(20)35)16(2)26-22(5-4-6-23(26)32-27)31-13-17-7-9-18(30)10-8-17/h4-11,13,36H,3,12,14-15H2,1-2H3/t29-/m0/s1. The number of hydrogen-bond acceptors (Lipinski definition) is 6. The molecule has 37 heavy (non-hydrogen) atoms. The molecular weight excluding hydrogens is 490 g/mol. The highest BCUT2D eigenvalue weighted by Crippen LogP contribution is 2.41. The molecule has 8 heteroatoms. The molecule has 0 saturated heterocycles. The molecule has 7 nitrogen and oxygen atoms in total. The smallest absolute Gasteiger partial charge is 0.309 e. The monoisotopic (exact) mass is 513 g/mol. The molecule has 6 rings (SSSR count). The Bertz CT molecular complexity index is 1690. The van der Waals surface area contributed by atoms with E-state index in [2.05, 4.69) is 0 Å². The van der Waals surface area contributed by atoms with E-state index in [0.717, 1.165) is 33.3 Å². The molecule has 0 radical (unpaired) electrons. The van der Waals surface area contributed by atoms with Crippen molar-refractivity contribution in [1.29, 1.82) is 0 Å². The van der Waals surface area contributed by atoms with Gasteiger partial charge < -0.3 is 14.4 Å². The van der Waals surface area contributed by atoms with Crippen LogP contribution in [0.15, 0.2) is 58.3 Å². The highest BCUT2D eigenvalue weighted by molar-refractivity contribution is 6.30. The summed E-state index contributed by atoms with van der Waals surface area (Å²) in [5, 5.41) is 12.9. The minimum atomic E-state index is -1.46. The highest BCUT2D eigenvalue weighted by Gasteiger charge is 2.39. The van der Waals surface area contributed by atoms with Gasteiger partial charge in [-0.2, -0.15) is 0 Å². The zero-order chi connectivity index (χ0) is 25.9. The summed E-state index contributed by atoms with van der Waals surface area (Å²) in [6.07, 6.45) is 1.89. The third-order valence-corrected chi connectivity index (χ3v) is 7.70. The van der Waals surface area contributed by atoms with Gasteiger partial charge in [0.15, 0.2) is 0 Å². The fourth-order valence-electron chi connectivity index (χ4n) is 5.34. The van der Waals surface area contributed by atoms with Crippen LogP contribution in [0.4, 0.5) is 5.69 Å². The molecule has 2 aliphatic rings. The second-order valence-corrected chi connectivity index (χ2v) is 10.0. The van der Waals surface area contributed by atoms with Crippen LogP contribution in [0, 0.1) is 6.92 Å². The fraction of sp³-hybridized carbons (Fsp3) is 0.241. The van der Waals surface area contributed by atoms with Gasteiger partial charge in [-0.1, -0.05) is 36.7 Å². The maximum atomic E-state index is 13.6. The Kier molecular flexibility index (Phi) is 5.51. The molecule has 186 valence electrons. The number of rotatable bonds is 3. The minimum absolute atomic E-state index is 0.149. The zero-order valence-electron chi connectivity index (χ0n) is 20.4. The number of esters is 1. The van der Waals surface area contributed by atoms with Crippen molar-refractivity contribution in [3.05, 3.63) is 91.7 Å². The first-order valence-electron chi connectivity index (χ1n) is 12.2. The van der Waals surface area contributed by atoms with E-state index in [1.165, 1.54) is 0 Å². The van der Waals surface area contributed by atoms with Crippen molar-refractivity contribution in [1.82, 2.24) is 9.55 Å². The van der Waals surface area contributed by atoms with Gasteiger partial charge in [0.05, 0.1) is 41.1 Å². The number of hydrogen-bond donors (Lipinski definition) is 1. The summed E-state index contributed by atoms with van der Waals surface area (Å²) in [5.74, 6) is -0.517. The number of benzene rings is 2. The number of aliphatic imine (C=N–C) groups is 1. The minimum Gasteiger partial charge on any atom is -0.460 e. The summed E-state index contributed by atoms with van der Waals surface area (Å²) in [4.78, 5) is 35.4. The Morgan fingerprint density at radius 2 is 1.97 bits per heavy atom. The molecule has 2 aliphatic heterocycles. The average molecular weight is 514 g/mol. The topological polar surface area (TPSA) is 93.8 Å². The normalized spacial score (nSPS) is 18.4. The van der Waals surface area contributed by atoms with E-state index in [-0.39, 0.29) is 25.0 Å². The molecule has 4 aromatic rings. The van der Waals surface area contributed by atoms with Crippen molar-refractivity contribution < 1.29 is 14.6 Å². The molecule has 2 aromatic carbocycles. The number of aliphatic hydroxyl groups is 1. The summed E-state index contributed by atoms with van der Waals surface area (Å²) in [5.41, 5.74) is 4.81. The Morgan fingerprint density at radius 3 is 2.73 bits per heavy atom. The Balaban J connectivity index is 1.51. The lowest BCUT2D eigenvalue weighted by Crippen LogP contribution is -2.32.